The molecule has 17 heavy (non-hydrogen) atoms. The Morgan fingerprint density at radius 2 is 2.06 bits per heavy atom. The first-order valence-corrected chi connectivity index (χ1v) is 6.31. The number of hydrogen-bond acceptors (Lipinski definition) is 3. The van der Waals surface area contributed by atoms with Crippen LogP contribution in [0.1, 0.15) is 21.4 Å². The topological polar surface area (TPSA) is 32.3 Å². The number of nitrogens with one attached hydrogen (secondary N) is 1. The van der Waals surface area contributed by atoms with Gasteiger partial charge in [-0.3, -0.25) is 4.79 Å². The largest absolute Gasteiger partial charge is 0.360 e. The summed E-state index contributed by atoms with van der Waals surface area (Å²) >= 11 is 1.65. The molecule has 1 amide bonds. The lowest BCUT2D eigenvalue weighted by Crippen LogP contribution is -2.39. The number of nitrogens with zero attached hydrogens (tertiary/aromatic N) is 1. The summed E-state index contributed by atoms with van der Waals surface area (Å²) in [6.07, 6.45) is -0.0580. The highest BCUT2D eigenvalue weighted by atomic mass is 32.1. The average Bonchev–Trinajstić information content (AvgIpc) is 2.87. The van der Waals surface area contributed by atoms with E-state index >= 15 is 0 Å². The molecule has 1 N–H and O–H groups in total. The predicted molar refractivity (Wildman–Crippen MR) is 69.2 cm³/mol. The van der Waals surface area contributed by atoms with Crippen molar-refractivity contribution in [3.05, 3.63) is 52.2 Å². The van der Waals surface area contributed by atoms with Crippen LogP contribution in [0.5, 0.6) is 0 Å². The summed E-state index contributed by atoms with van der Waals surface area (Å²) < 4.78 is 0. The van der Waals surface area contributed by atoms with E-state index < -0.39 is 0 Å². The molecule has 0 bridgehead atoms. The van der Waals surface area contributed by atoms with Crippen LogP contribution in [0.2, 0.25) is 0 Å². The first kappa shape index (κ1) is 10.4. The maximum Gasteiger partial charge on any atom is 0.257 e. The van der Waals surface area contributed by atoms with Gasteiger partial charge in [0.2, 0.25) is 0 Å². The van der Waals surface area contributed by atoms with Crippen molar-refractivity contribution in [2.75, 3.05) is 12.4 Å². The standard InChI is InChI=1S/C13H12N2OS/c1-15-12(11-7-4-8-17-11)14-10-6-3-2-5-9(10)13(15)16/h2-8,12,14H,1H3/t12-/m1/s1. The van der Waals surface area contributed by atoms with Gasteiger partial charge in [-0.05, 0) is 23.6 Å². The molecule has 0 aliphatic carbocycles. The molecule has 1 aliphatic rings. The van der Waals surface area contributed by atoms with Crippen molar-refractivity contribution >= 4 is 22.9 Å². The third kappa shape index (κ3) is 1.61. The second-order valence-electron chi connectivity index (χ2n) is 4.02. The van der Waals surface area contributed by atoms with Crippen LogP contribution in [0.4, 0.5) is 5.69 Å². The van der Waals surface area contributed by atoms with Crippen LogP contribution >= 0.6 is 11.3 Å². The van der Waals surface area contributed by atoms with E-state index in [0.717, 1.165) is 16.1 Å². The summed E-state index contributed by atoms with van der Waals surface area (Å²) in [4.78, 5) is 15.1. The number of amides is 1. The molecule has 1 aliphatic heterocycles. The molecule has 1 atom stereocenters. The fourth-order valence-electron chi connectivity index (χ4n) is 2.06. The van der Waals surface area contributed by atoms with Gasteiger partial charge in [0.25, 0.3) is 5.91 Å². The van der Waals surface area contributed by atoms with E-state index in [-0.39, 0.29) is 12.1 Å². The van der Waals surface area contributed by atoms with Gasteiger partial charge in [-0.25, -0.2) is 0 Å². The Morgan fingerprint density at radius 1 is 1.24 bits per heavy atom. The number of rotatable bonds is 1. The van der Waals surface area contributed by atoms with Crippen LogP contribution in [0.3, 0.4) is 0 Å². The molecule has 4 heteroatoms. The Kier molecular flexibility index (Phi) is 2.37. The van der Waals surface area contributed by atoms with Crippen molar-refractivity contribution in [2.45, 2.75) is 6.17 Å². The third-order valence-electron chi connectivity index (χ3n) is 2.97. The van der Waals surface area contributed by atoms with Gasteiger partial charge in [0.05, 0.1) is 5.56 Å². The van der Waals surface area contributed by atoms with Gasteiger partial charge < -0.3 is 10.2 Å². The Hall–Kier alpha value is -1.81. The fourth-order valence-corrected chi connectivity index (χ4v) is 2.87. The Morgan fingerprint density at radius 3 is 2.82 bits per heavy atom. The van der Waals surface area contributed by atoms with Gasteiger partial charge in [0, 0.05) is 17.6 Å². The predicted octanol–water partition coefficient (Wildman–Crippen LogP) is 2.94. The van der Waals surface area contributed by atoms with Crippen molar-refractivity contribution in [2.24, 2.45) is 0 Å². The lowest BCUT2D eigenvalue weighted by atomic mass is 10.1. The van der Waals surface area contributed by atoms with Gasteiger partial charge in [-0.2, -0.15) is 0 Å². The monoisotopic (exact) mass is 244 g/mol. The van der Waals surface area contributed by atoms with Gasteiger partial charge >= 0.3 is 0 Å². The van der Waals surface area contributed by atoms with E-state index in [1.807, 2.05) is 48.8 Å². The maximum absolute atomic E-state index is 12.2. The third-order valence-corrected chi connectivity index (χ3v) is 3.89. The summed E-state index contributed by atoms with van der Waals surface area (Å²) in [6, 6.07) is 11.7. The number of fused-ring (bicyclic) bond motifs is 1. The minimum Gasteiger partial charge on any atom is -0.360 e. The molecule has 0 saturated heterocycles. The number of benzene rings is 1. The second kappa shape index (κ2) is 3.89. The molecule has 0 fully saturated rings. The van der Waals surface area contributed by atoms with E-state index in [1.165, 1.54) is 0 Å². The summed E-state index contributed by atoms with van der Waals surface area (Å²) in [5.41, 5.74) is 1.65. The van der Waals surface area contributed by atoms with E-state index in [2.05, 4.69) is 5.32 Å². The van der Waals surface area contributed by atoms with Crippen molar-refractivity contribution in [3.63, 3.8) is 0 Å². The van der Waals surface area contributed by atoms with Gasteiger partial charge in [0.1, 0.15) is 6.17 Å². The van der Waals surface area contributed by atoms with Crippen LogP contribution < -0.4 is 5.32 Å². The Labute approximate surface area is 104 Å². The summed E-state index contributed by atoms with van der Waals surface area (Å²) in [5.74, 6) is 0.0674. The molecule has 1 aromatic heterocycles. The number of anilines is 1. The number of carbonyl (C=O) groups excluding carboxylic acids is 1. The number of para-hydroxylation sites is 1. The molecular weight excluding hydrogens is 232 g/mol. The normalized spacial score (nSPS) is 18.8. The lowest BCUT2D eigenvalue weighted by molar-refractivity contribution is 0.0738. The SMILES string of the molecule is CN1C(=O)c2ccccc2N[C@H]1c1cccs1. The van der Waals surface area contributed by atoms with E-state index in [1.54, 1.807) is 16.2 Å². The minimum atomic E-state index is -0.0580. The van der Waals surface area contributed by atoms with Crippen LogP contribution in [0.25, 0.3) is 0 Å². The molecule has 2 aromatic rings. The molecule has 0 unspecified atom stereocenters. The molecule has 3 rings (SSSR count). The van der Waals surface area contributed by atoms with E-state index in [9.17, 15) is 4.79 Å². The zero-order valence-corrected chi connectivity index (χ0v) is 10.2. The van der Waals surface area contributed by atoms with Crippen LogP contribution in [-0.4, -0.2) is 17.9 Å². The van der Waals surface area contributed by atoms with Crippen LogP contribution in [0.15, 0.2) is 41.8 Å². The van der Waals surface area contributed by atoms with Gasteiger partial charge in [0.15, 0.2) is 0 Å². The summed E-state index contributed by atoms with van der Waals surface area (Å²) in [6.45, 7) is 0. The second-order valence-corrected chi connectivity index (χ2v) is 5.00. The molecule has 0 radical (unpaired) electrons. The van der Waals surface area contributed by atoms with E-state index in [4.69, 9.17) is 0 Å². The smallest absolute Gasteiger partial charge is 0.257 e. The van der Waals surface area contributed by atoms with E-state index in [0.29, 0.717) is 0 Å². The van der Waals surface area contributed by atoms with Crippen molar-refractivity contribution in [1.29, 1.82) is 0 Å². The zero-order chi connectivity index (χ0) is 11.8. The molecule has 1 aromatic carbocycles. The minimum absolute atomic E-state index is 0.0580. The quantitative estimate of drug-likeness (QED) is 0.836. The fraction of sp³-hybridized carbons (Fsp3) is 0.154. The van der Waals surface area contributed by atoms with Crippen LogP contribution in [0, 0.1) is 0 Å². The highest BCUT2D eigenvalue weighted by molar-refractivity contribution is 7.10. The highest BCUT2D eigenvalue weighted by Crippen LogP contribution is 2.33. The zero-order valence-electron chi connectivity index (χ0n) is 9.38. The number of carbonyl (C=O) groups is 1. The average molecular weight is 244 g/mol. The van der Waals surface area contributed by atoms with Gasteiger partial charge in [-0.15, -0.1) is 11.3 Å². The first-order chi connectivity index (χ1) is 8.27. The summed E-state index contributed by atoms with van der Waals surface area (Å²) in [7, 11) is 1.83. The number of hydrogen-bond donors (Lipinski definition) is 1. The molecular formula is C13H12N2OS. The highest BCUT2D eigenvalue weighted by Gasteiger charge is 2.30. The number of thiophene rings is 1. The van der Waals surface area contributed by atoms with Gasteiger partial charge in [-0.1, -0.05) is 18.2 Å². The van der Waals surface area contributed by atoms with Crippen molar-refractivity contribution in [3.8, 4) is 0 Å². The Bertz CT molecular complexity index is 550. The Balaban J connectivity index is 2.05. The van der Waals surface area contributed by atoms with Crippen molar-refractivity contribution in [1.82, 2.24) is 4.90 Å². The molecule has 86 valence electrons. The summed E-state index contributed by atoms with van der Waals surface area (Å²) in [5, 5.41) is 5.42. The molecule has 2 heterocycles. The lowest BCUT2D eigenvalue weighted by Gasteiger charge is -2.34. The molecule has 0 spiro atoms. The maximum atomic E-state index is 12.2. The van der Waals surface area contributed by atoms with Crippen LogP contribution in [-0.2, 0) is 0 Å². The molecule has 0 saturated carbocycles. The molecule has 3 nitrogen and oxygen atoms in total. The van der Waals surface area contributed by atoms with Crippen molar-refractivity contribution < 1.29 is 4.79 Å². The first-order valence-electron chi connectivity index (χ1n) is 5.43.